The van der Waals surface area contributed by atoms with Gasteiger partial charge in [0.05, 0.1) is 12.4 Å². The van der Waals surface area contributed by atoms with E-state index in [2.05, 4.69) is 34.3 Å². The van der Waals surface area contributed by atoms with Gasteiger partial charge in [-0.3, -0.25) is 0 Å². The molecule has 1 aliphatic carbocycles. The molecular formula is C26H36Cl2N2O3S. The van der Waals surface area contributed by atoms with E-state index in [0.717, 1.165) is 36.6 Å². The van der Waals surface area contributed by atoms with Crippen LogP contribution in [0.25, 0.3) is 0 Å². The Morgan fingerprint density at radius 3 is 2.47 bits per heavy atom. The number of ether oxygens (including phenoxy) is 1. The molecule has 0 radical (unpaired) electrons. The number of benzene rings is 2. The highest BCUT2D eigenvalue weighted by molar-refractivity contribution is 7.89. The SMILES string of the molecule is CC(C)(C)NS(=O)(=O)CCCOc1ccc2c(c1)C(C1(c3ccc(Cl)cc3)CCC1)NCC2.Cl. The average Bonchev–Trinajstić information content (AvgIpc) is 2.70. The average molecular weight is 528 g/mol. The number of hydrogen-bond donors (Lipinski definition) is 2. The van der Waals surface area contributed by atoms with Crippen molar-refractivity contribution in [2.45, 2.75) is 69.9 Å². The Bertz CT molecular complexity index is 1080. The molecule has 0 spiro atoms. The molecule has 8 heteroatoms. The molecule has 1 aliphatic heterocycles. The van der Waals surface area contributed by atoms with Gasteiger partial charge < -0.3 is 10.1 Å². The number of fused-ring (bicyclic) bond motifs is 1. The van der Waals surface area contributed by atoms with Crippen LogP contribution in [0.3, 0.4) is 0 Å². The maximum atomic E-state index is 12.2. The third kappa shape index (κ3) is 6.27. The Morgan fingerprint density at radius 2 is 1.85 bits per heavy atom. The molecule has 2 aliphatic rings. The number of halogens is 2. The lowest BCUT2D eigenvalue weighted by atomic mass is 9.58. The van der Waals surface area contributed by atoms with Crippen LogP contribution in [0.15, 0.2) is 42.5 Å². The van der Waals surface area contributed by atoms with E-state index >= 15 is 0 Å². The van der Waals surface area contributed by atoms with Gasteiger partial charge in [0.2, 0.25) is 10.0 Å². The number of hydrogen-bond acceptors (Lipinski definition) is 4. The molecule has 1 fully saturated rings. The second-order valence-corrected chi connectivity index (χ2v) is 12.7. The second-order valence-electron chi connectivity index (χ2n) is 10.4. The summed E-state index contributed by atoms with van der Waals surface area (Å²) in [6.07, 6.45) is 4.97. The fourth-order valence-corrected chi connectivity index (χ4v) is 6.81. The van der Waals surface area contributed by atoms with Gasteiger partial charge in [-0.1, -0.05) is 36.2 Å². The van der Waals surface area contributed by atoms with Gasteiger partial charge in [0.1, 0.15) is 5.75 Å². The molecule has 188 valence electrons. The topological polar surface area (TPSA) is 67.4 Å². The van der Waals surface area contributed by atoms with Gasteiger partial charge in [0.25, 0.3) is 0 Å². The lowest BCUT2D eigenvalue weighted by Crippen LogP contribution is -2.49. The highest BCUT2D eigenvalue weighted by atomic mass is 35.5. The van der Waals surface area contributed by atoms with Crippen LogP contribution in [0.5, 0.6) is 5.75 Å². The fraction of sp³-hybridized carbons (Fsp3) is 0.538. The summed E-state index contributed by atoms with van der Waals surface area (Å²) in [5.74, 6) is 0.855. The first-order valence-corrected chi connectivity index (χ1v) is 13.9. The molecule has 0 saturated heterocycles. The molecular weight excluding hydrogens is 491 g/mol. The van der Waals surface area contributed by atoms with E-state index in [1.54, 1.807) is 0 Å². The molecule has 1 saturated carbocycles. The molecule has 0 amide bonds. The minimum Gasteiger partial charge on any atom is -0.494 e. The molecule has 4 rings (SSSR count). The van der Waals surface area contributed by atoms with Crippen molar-refractivity contribution in [3.05, 3.63) is 64.2 Å². The molecule has 1 unspecified atom stereocenters. The van der Waals surface area contributed by atoms with Gasteiger partial charge in [-0.15, -0.1) is 12.4 Å². The minimum absolute atomic E-state index is 0. The van der Waals surface area contributed by atoms with Gasteiger partial charge >= 0.3 is 0 Å². The molecule has 2 aromatic carbocycles. The largest absolute Gasteiger partial charge is 0.494 e. The zero-order valence-electron chi connectivity index (χ0n) is 20.2. The van der Waals surface area contributed by atoms with Gasteiger partial charge in [0, 0.05) is 22.0 Å². The first-order chi connectivity index (χ1) is 15.6. The first kappa shape index (κ1) is 27.3. The van der Waals surface area contributed by atoms with Crippen LogP contribution in [0.2, 0.25) is 5.02 Å². The van der Waals surface area contributed by atoms with Crippen molar-refractivity contribution in [2.75, 3.05) is 18.9 Å². The third-order valence-corrected chi connectivity index (χ3v) is 8.68. The van der Waals surface area contributed by atoms with Crippen LogP contribution in [-0.2, 0) is 21.9 Å². The van der Waals surface area contributed by atoms with Crippen LogP contribution in [0, 0.1) is 0 Å². The van der Waals surface area contributed by atoms with E-state index in [9.17, 15) is 8.42 Å². The summed E-state index contributed by atoms with van der Waals surface area (Å²) < 4.78 is 33.1. The lowest BCUT2D eigenvalue weighted by Gasteiger charge is -2.50. The maximum absolute atomic E-state index is 12.2. The Kier molecular flexibility index (Phi) is 8.63. The van der Waals surface area contributed by atoms with E-state index in [0.29, 0.717) is 13.0 Å². The summed E-state index contributed by atoms with van der Waals surface area (Å²) in [4.78, 5) is 0. The van der Waals surface area contributed by atoms with Crippen LogP contribution in [0.1, 0.15) is 69.2 Å². The summed E-state index contributed by atoms with van der Waals surface area (Å²) in [6.45, 7) is 6.86. The molecule has 0 bridgehead atoms. The van der Waals surface area contributed by atoms with Gasteiger partial charge in [-0.2, -0.15) is 0 Å². The smallest absolute Gasteiger partial charge is 0.212 e. The van der Waals surface area contributed by atoms with E-state index in [-0.39, 0.29) is 29.6 Å². The van der Waals surface area contributed by atoms with Crippen molar-refractivity contribution in [1.82, 2.24) is 10.0 Å². The Balaban J connectivity index is 0.00000324. The third-order valence-electron chi connectivity index (χ3n) is 6.68. The van der Waals surface area contributed by atoms with Crippen LogP contribution in [0.4, 0.5) is 0 Å². The molecule has 0 aromatic heterocycles. The summed E-state index contributed by atoms with van der Waals surface area (Å²) in [6, 6.07) is 14.9. The quantitative estimate of drug-likeness (QED) is 0.442. The van der Waals surface area contributed by atoms with Gasteiger partial charge in [-0.25, -0.2) is 13.1 Å². The Hall–Kier alpha value is -1.31. The molecule has 34 heavy (non-hydrogen) atoms. The number of sulfonamides is 1. The van der Waals surface area contributed by atoms with Crippen LogP contribution < -0.4 is 14.8 Å². The second kappa shape index (κ2) is 10.8. The van der Waals surface area contributed by atoms with Gasteiger partial charge in [0.15, 0.2) is 0 Å². The highest BCUT2D eigenvalue weighted by Gasteiger charge is 2.47. The molecule has 5 nitrogen and oxygen atoms in total. The zero-order chi connectivity index (χ0) is 23.7. The molecule has 2 aromatic rings. The summed E-state index contributed by atoms with van der Waals surface area (Å²) >= 11 is 6.16. The van der Waals surface area contributed by atoms with Crippen LogP contribution >= 0.6 is 24.0 Å². The highest BCUT2D eigenvalue weighted by Crippen LogP contribution is 2.53. The van der Waals surface area contributed by atoms with Crippen LogP contribution in [-0.4, -0.2) is 32.9 Å². The van der Waals surface area contributed by atoms with E-state index < -0.39 is 15.6 Å². The summed E-state index contributed by atoms with van der Waals surface area (Å²) in [5, 5.41) is 4.56. The van der Waals surface area contributed by atoms with E-state index in [4.69, 9.17) is 16.3 Å². The molecule has 1 atom stereocenters. The summed E-state index contributed by atoms with van der Waals surface area (Å²) in [7, 11) is -3.32. The minimum atomic E-state index is -3.32. The lowest BCUT2D eigenvalue weighted by molar-refractivity contribution is 0.164. The first-order valence-electron chi connectivity index (χ1n) is 11.8. The standard InChI is InChI=1S/C26H35ClN2O3S.ClH/c1-25(2,3)29-33(30,31)17-5-16-32-22-11-6-19-12-15-28-24(23(19)18-22)26(13-4-14-26)20-7-9-21(27)10-8-20;/h6-11,18,24,28-29H,4-5,12-17H2,1-3H3;1H. The Morgan fingerprint density at radius 1 is 1.15 bits per heavy atom. The van der Waals surface area contributed by atoms with Crippen molar-refractivity contribution >= 4 is 34.0 Å². The predicted molar refractivity (Wildman–Crippen MR) is 142 cm³/mol. The number of nitrogens with one attached hydrogen (secondary N) is 2. The molecule has 2 N–H and O–H groups in total. The van der Waals surface area contributed by atoms with Gasteiger partial charge in [-0.05, 0) is 94.0 Å². The number of rotatable bonds is 8. The Labute approximate surface area is 215 Å². The van der Waals surface area contributed by atoms with Crippen molar-refractivity contribution in [3.63, 3.8) is 0 Å². The monoisotopic (exact) mass is 526 g/mol. The fourth-order valence-electron chi connectivity index (χ4n) is 5.15. The zero-order valence-corrected chi connectivity index (χ0v) is 22.6. The normalized spacial score (nSPS) is 19.5. The maximum Gasteiger partial charge on any atom is 0.212 e. The predicted octanol–water partition coefficient (Wildman–Crippen LogP) is 5.56. The van der Waals surface area contributed by atoms with E-state index in [1.807, 2.05) is 39.0 Å². The summed E-state index contributed by atoms with van der Waals surface area (Å²) in [5.41, 5.74) is 3.61. The van der Waals surface area contributed by atoms with Crippen molar-refractivity contribution in [2.24, 2.45) is 0 Å². The van der Waals surface area contributed by atoms with Crippen molar-refractivity contribution < 1.29 is 13.2 Å². The van der Waals surface area contributed by atoms with E-state index in [1.165, 1.54) is 23.1 Å². The van der Waals surface area contributed by atoms with Crippen molar-refractivity contribution in [3.8, 4) is 5.75 Å². The molecule has 1 heterocycles. The van der Waals surface area contributed by atoms with Crippen molar-refractivity contribution in [1.29, 1.82) is 0 Å².